The van der Waals surface area contributed by atoms with Gasteiger partial charge in [0.25, 0.3) is 0 Å². The molecule has 0 aromatic rings. The van der Waals surface area contributed by atoms with Crippen LogP contribution in [-0.2, 0) is 0 Å². The maximum atomic E-state index is 4.25. The van der Waals surface area contributed by atoms with Gasteiger partial charge in [-0.25, -0.2) is 0 Å². The Balaban J connectivity index is 2.90. The number of hydrogen-bond acceptors (Lipinski definition) is 3. The van der Waals surface area contributed by atoms with Crippen molar-refractivity contribution < 1.29 is 0 Å². The maximum absolute atomic E-state index is 4.25. The van der Waals surface area contributed by atoms with Crippen molar-refractivity contribution in [2.45, 2.75) is 89.9 Å². The highest BCUT2D eigenvalue weighted by molar-refractivity contribution is 7.99. The summed E-state index contributed by atoms with van der Waals surface area (Å²) in [5.41, 5.74) is 0. The molecule has 0 nitrogen and oxygen atoms in total. The molecule has 0 aromatic heterocycles. The molecule has 0 spiro atoms. The summed E-state index contributed by atoms with van der Waals surface area (Å²) >= 11 is 10.7. The summed E-state index contributed by atoms with van der Waals surface area (Å²) < 4.78 is 0. The summed E-state index contributed by atoms with van der Waals surface area (Å²) in [5.74, 6) is 4.90. The van der Waals surface area contributed by atoms with Crippen LogP contribution in [-0.4, -0.2) is 23.0 Å². The van der Waals surface area contributed by atoms with E-state index in [9.17, 15) is 0 Å². The molecule has 0 heterocycles. The third kappa shape index (κ3) is 21.1. The van der Waals surface area contributed by atoms with Gasteiger partial charge in [-0.1, -0.05) is 64.2 Å². The summed E-state index contributed by atoms with van der Waals surface area (Å²) in [4.78, 5) is 0. The molecule has 0 aliphatic carbocycles. The Bertz CT molecular complexity index is 156. The predicted octanol–water partition coefficient (Wildman–Crippen LogP) is 7.04. The smallest absolute Gasteiger partial charge is 0.00675 e. The van der Waals surface area contributed by atoms with Crippen molar-refractivity contribution in [3.63, 3.8) is 0 Å². The lowest BCUT2D eigenvalue weighted by molar-refractivity contribution is 0.603. The monoisotopic (exact) mass is 350 g/mol. The lowest BCUT2D eigenvalue weighted by Crippen LogP contribution is -1.87. The van der Waals surface area contributed by atoms with E-state index in [1.54, 1.807) is 0 Å². The molecule has 0 unspecified atom stereocenters. The molecule has 21 heavy (non-hydrogen) atoms. The zero-order valence-corrected chi connectivity index (χ0v) is 16.6. The van der Waals surface area contributed by atoms with Crippen molar-refractivity contribution >= 4 is 37.0 Å². The summed E-state index contributed by atoms with van der Waals surface area (Å²) in [6, 6.07) is 0. The minimum Gasteiger partial charge on any atom is -0.179 e. The number of rotatable bonds is 18. The van der Waals surface area contributed by atoms with Crippen molar-refractivity contribution in [3.05, 3.63) is 0 Å². The van der Waals surface area contributed by atoms with Crippen molar-refractivity contribution in [2.75, 3.05) is 23.0 Å². The number of hydrogen-bond donors (Lipinski definition) is 2. The normalized spacial score (nSPS) is 11.1. The Morgan fingerprint density at radius 1 is 0.381 bits per heavy atom. The quantitative estimate of drug-likeness (QED) is 0.197. The van der Waals surface area contributed by atoms with Crippen LogP contribution in [0.15, 0.2) is 0 Å². The highest BCUT2D eigenvalue weighted by atomic mass is 32.2. The van der Waals surface area contributed by atoms with Gasteiger partial charge in [0, 0.05) is 0 Å². The van der Waals surface area contributed by atoms with Gasteiger partial charge in [0.05, 0.1) is 0 Å². The Hall–Kier alpha value is 1.05. The van der Waals surface area contributed by atoms with E-state index in [1.807, 2.05) is 0 Å². The van der Waals surface area contributed by atoms with Crippen LogP contribution < -0.4 is 0 Å². The fourth-order valence-electron chi connectivity index (χ4n) is 2.50. The molecule has 0 amide bonds. The second-order valence-electron chi connectivity index (χ2n) is 6.01. The zero-order valence-electron chi connectivity index (χ0n) is 14.0. The van der Waals surface area contributed by atoms with Crippen molar-refractivity contribution in [1.82, 2.24) is 0 Å². The van der Waals surface area contributed by atoms with E-state index in [0.717, 1.165) is 11.5 Å². The predicted molar refractivity (Wildman–Crippen MR) is 110 cm³/mol. The van der Waals surface area contributed by atoms with Crippen LogP contribution in [0.25, 0.3) is 0 Å². The molecule has 128 valence electrons. The Labute approximate surface area is 149 Å². The van der Waals surface area contributed by atoms with Gasteiger partial charge in [-0.05, 0) is 48.7 Å². The topological polar surface area (TPSA) is 0 Å². The molecule has 0 fully saturated rings. The molecular weight excluding hydrogens is 312 g/mol. The molecule has 0 bridgehead atoms. The van der Waals surface area contributed by atoms with E-state index in [-0.39, 0.29) is 0 Å². The first-order chi connectivity index (χ1) is 10.4. The highest BCUT2D eigenvalue weighted by Gasteiger charge is 1.94. The molecule has 0 atom stereocenters. The summed E-state index contributed by atoms with van der Waals surface area (Å²) in [7, 11) is 0. The first-order valence-corrected chi connectivity index (χ1v) is 11.6. The fourth-order valence-corrected chi connectivity index (χ4v) is 3.97. The minimum atomic E-state index is 1.06. The van der Waals surface area contributed by atoms with Crippen molar-refractivity contribution in [3.8, 4) is 0 Å². The first kappa shape index (κ1) is 22.1. The van der Waals surface area contributed by atoms with E-state index in [0.29, 0.717) is 0 Å². The third-order valence-electron chi connectivity index (χ3n) is 3.89. The maximum Gasteiger partial charge on any atom is -0.00675 e. The van der Waals surface area contributed by atoms with Gasteiger partial charge < -0.3 is 0 Å². The minimum absolute atomic E-state index is 1.06. The van der Waals surface area contributed by atoms with Crippen LogP contribution in [0.5, 0.6) is 0 Å². The molecule has 0 saturated heterocycles. The molecule has 0 aliphatic heterocycles. The molecule has 0 aliphatic rings. The summed E-state index contributed by atoms with van der Waals surface area (Å²) in [6.07, 6.45) is 19.7. The first-order valence-electron chi connectivity index (χ1n) is 9.21. The third-order valence-corrected chi connectivity index (χ3v) is 5.68. The summed E-state index contributed by atoms with van der Waals surface area (Å²) in [6.45, 7) is 0. The number of thioether (sulfide) groups is 1. The second-order valence-corrected chi connectivity index (χ2v) is 8.13. The second kappa shape index (κ2) is 21.0. The zero-order chi connectivity index (χ0) is 15.4. The molecule has 0 saturated carbocycles. The molecule has 0 aromatic carbocycles. The van der Waals surface area contributed by atoms with Gasteiger partial charge in [-0.3, -0.25) is 0 Å². The van der Waals surface area contributed by atoms with Crippen LogP contribution in [0, 0.1) is 0 Å². The Morgan fingerprint density at radius 2 is 0.667 bits per heavy atom. The van der Waals surface area contributed by atoms with Crippen LogP contribution >= 0.6 is 37.0 Å². The van der Waals surface area contributed by atoms with E-state index >= 15 is 0 Å². The SMILES string of the molecule is SCCCCCCCCCSCCCCCCCCCS. The van der Waals surface area contributed by atoms with Crippen LogP contribution in [0.3, 0.4) is 0 Å². The van der Waals surface area contributed by atoms with Crippen molar-refractivity contribution in [2.24, 2.45) is 0 Å². The standard InChI is InChI=1S/C18H38S3/c19-15-11-7-3-1-5-9-13-17-21-18-14-10-6-2-4-8-12-16-20/h19-20H,1-18H2. The average molecular weight is 351 g/mol. The van der Waals surface area contributed by atoms with E-state index < -0.39 is 0 Å². The highest BCUT2D eigenvalue weighted by Crippen LogP contribution is 2.14. The molecular formula is C18H38S3. The van der Waals surface area contributed by atoms with Crippen LogP contribution in [0.4, 0.5) is 0 Å². The molecule has 0 rings (SSSR count). The molecule has 3 heteroatoms. The van der Waals surface area contributed by atoms with E-state index in [4.69, 9.17) is 0 Å². The van der Waals surface area contributed by atoms with Gasteiger partial charge in [-0.15, -0.1) is 0 Å². The van der Waals surface area contributed by atoms with Gasteiger partial charge >= 0.3 is 0 Å². The van der Waals surface area contributed by atoms with Gasteiger partial charge in [0.1, 0.15) is 0 Å². The molecule has 0 radical (unpaired) electrons. The lowest BCUT2D eigenvalue weighted by atomic mass is 10.1. The summed E-state index contributed by atoms with van der Waals surface area (Å²) in [5, 5.41) is 0. The van der Waals surface area contributed by atoms with Gasteiger partial charge in [-0.2, -0.15) is 37.0 Å². The molecule has 0 N–H and O–H groups in total. The Kier molecular flexibility index (Phi) is 22.1. The van der Waals surface area contributed by atoms with Crippen LogP contribution in [0.1, 0.15) is 89.9 Å². The van der Waals surface area contributed by atoms with E-state index in [1.165, 1.54) is 101 Å². The lowest BCUT2D eigenvalue weighted by Gasteiger charge is -2.03. The largest absolute Gasteiger partial charge is 0.179 e. The Morgan fingerprint density at radius 3 is 1.00 bits per heavy atom. The van der Waals surface area contributed by atoms with E-state index in [2.05, 4.69) is 37.0 Å². The number of thiol groups is 2. The average Bonchev–Trinajstić information content (AvgIpc) is 2.50. The van der Waals surface area contributed by atoms with Crippen LogP contribution in [0.2, 0.25) is 0 Å². The van der Waals surface area contributed by atoms with Gasteiger partial charge in [0.15, 0.2) is 0 Å². The van der Waals surface area contributed by atoms with Gasteiger partial charge in [0.2, 0.25) is 0 Å². The fraction of sp³-hybridized carbons (Fsp3) is 1.00. The van der Waals surface area contributed by atoms with Crippen molar-refractivity contribution in [1.29, 1.82) is 0 Å². The number of unbranched alkanes of at least 4 members (excludes halogenated alkanes) is 12.